The minimum atomic E-state index is -0.271. The first-order valence-electron chi connectivity index (χ1n) is 8.80. The molecule has 0 saturated carbocycles. The number of nitrogens with zero attached hydrogens (tertiary/aromatic N) is 4. The summed E-state index contributed by atoms with van der Waals surface area (Å²) < 4.78 is 14.6. The average Bonchev–Trinajstić information content (AvgIpc) is 2.70. The van der Waals surface area contributed by atoms with Gasteiger partial charge in [-0.1, -0.05) is 24.3 Å². The Balaban J connectivity index is 1.58. The predicted molar refractivity (Wildman–Crippen MR) is 102 cm³/mol. The molecule has 2 aromatic carbocycles. The summed E-state index contributed by atoms with van der Waals surface area (Å²) in [6.07, 6.45) is 0. The number of carbonyl (C=O) groups is 1. The molecule has 6 nitrogen and oxygen atoms in total. The molecular weight excluding hydrogens is 347 g/mol. The Kier molecular flexibility index (Phi) is 4.35. The molecule has 1 fully saturated rings. The van der Waals surface area contributed by atoms with Gasteiger partial charge in [0.05, 0.1) is 5.39 Å². The van der Waals surface area contributed by atoms with Gasteiger partial charge in [-0.15, -0.1) is 0 Å². The van der Waals surface area contributed by atoms with Crippen molar-refractivity contribution in [1.82, 2.24) is 14.7 Å². The smallest absolute Gasteiger partial charge is 0.275 e. The molecule has 0 spiro atoms. The van der Waals surface area contributed by atoms with Crippen molar-refractivity contribution in [2.45, 2.75) is 0 Å². The number of fused-ring (bicyclic) bond motifs is 1. The first-order chi connectivity index (χ1) is 13.0. The molecular formula is C20H19FN4O2. The lowest BCUT2D eigenvalue weighted by atomic mass is 10.1. The molecule has 0 bridgehead atoms. The highest BCUT2D eigenvalue weighted by Gasteiger charge is 2.25. The molecule has 4 rings (SSSR count). The molecule has 3 aromatic rings. The van der Waals surface area contributed by atoms with Gasteiger partial charge in [-0.2, -0.15) is 5.10 Å². The van der Waals surface area contributed by atoms with Crippen molar-refractivity contribution < 1.29 is 9.18 Å². The Morgan fingerprint density at radius 1 is 1.00 bits per heavy atom. The summed E-state index contributed by atoms with van der Waals surface area (Å²) in [5.41, 5.74) is 0.873. The summed E-state index contributed by atoms with van der Waals surface area (Å²) in [7, 11) is 1.55. The van der Waals surface area contributed by atoms with Crippen LogP contribution in [0.1, 0.15) is 10.5 Å². The van der Waals surface area contributed by atoms with Gasteiger partial charge in [-0.25, -0.2) is 9.07 Å². The van der Waals surface area contributed by atoms with E-state index in [1.165, 1.54) is 16.8 Å². The number of halogens is 1. The second-order valence-electron chi connectivity index (χ2n) is 6.58. The minimum Gasteiger partial charge on any atom is -0.368 e. The third-order valence-corrected chi connectivity index (χ3v) is 4.90. The van der Waals surface area contributed by atoms with Crippen LogP contribution in [0.2, 0.25) is 0 Å². The van der Waals surface area contributed by atoms with E-state index in [1.807, 2.05) is 6.07 Å². The van der Waals surface area contributed by atoms with Crippen molar-refractivity contribution in [3.63, 3.8) is 0 Å². The summed E-state index contributed by atoms with van der Waals surface area (Å²) >= 11 is 0. The van der Waals surface area contributed by atoms with Crippen LogP contribution in [0.4, 0.5) is 10.1 Å². The fourth-order valence-corrected chi connectivity index (χ4v) is 3.45. The average molecular weight is 366 g/mol. The normalized spacial score (nSPS) is 14.6. The Hall–Kier alpha value is -3.22. The molecule has 0 unspecified atom stereocenters. The number of piperazine rings is 1. The minimum absolute atomic E-state index is 0.194. The summed E-state index contributed by atoms with van der Waals surface area (Å²) in [6.45, 7) is 2.24. The van der Waals surface area contributed by atoms with Crippen molar-refractivity contribution in [2.24, 2.45) is 7.05 Å². The largest absolute Gasteiger partial charge is 0.368 e. The van der Waals surface area contributed by atoms with Gasteiger partial charge in [0, 0.05) is 44.3 Å². The molecule has 1 amide bonds. The fraction of sp³-hybridized carbons (Fsp3) is 0.250. The maximum Gasteiger partial charge on any atom is 0.275 e. The maximum absolute atomic E-state index is 13.4. The lowest BCUT2D eigenvalue weighted by Crippen LogP contribution is -2.49. The number of hydrogen-bond donors (Lipinski definition) is 0. The van der Waals surface area contributed by atoms with Gasteiger partial charge < -0.3 is 9.80 Å². The second-order valence-corrected chi connectivity index (χ2v) is 6.58. The topological polar surface area (TPSA) is 58.4 Å². The van der Waals surface area contributed by atoms with Crippen LogP contribution in [0.15, 0.2) is 53.3 Å². The van der Waals surface area contributed by atoms with Crippen LogP contribution in [-0.2, 0) is 7.05 Å². The summed E-state index contributed by atoms with van der Waals surface area (Å²) in [4.78, 5) is 29.1. The molecule has 0 atom stereocenters. The molecule has 1 aromatic heterocycles. The Bertz CT molecular complexity index is 1070. The first kappa shape index (κ1) is 17.2. The van der Waals surface area contributed by atoms with Crippen LogP contribution < -0.4 is 10.5 Å². The number of amides is 1. The van der Waals surface area contributed by atoms with Crippen LogP contribution >= 0.6 is 0 Å². The molecule has 1 aliphatic rings. The maximum atomic E-state index is 13.4. The second kappa shape index (κ2) is 6.83. The van der Waals surface area contributed by atoms with Gasteiger partial charge in [-0.05, 0) is 24.3 Å². The molecule has 0 aliphatic carbocycles. The van der Waals surface area contributed by atoms with Crippen molar-refractivity contribution in [3.8, 4) is 0 Å². The van der Waals surface area contributed by atoms with Gasteiger partial charge in [0.15, 0.2) is 5.69 Å². The van der Waals surface area contributed by atoms with E-state index in [2.05, 4.69) is 10.00 Å². The van der Waals surface area contributed by atoms with Crippen molar-refractivity contribution in [1.29, 1.82) is 0 Å². The molecule has 0 radical (unpaired) electrons. The summed E-state index contributed by atoms with van der Waals surface area (Å²) in [5, 5.41) is 5.27. The molecule has 1 aliphatic heterocycles. The van der Waals surface area contributed by atoms with E-state index in [4.69, 9.17) is 0 Å². The molecule has 2 heterocycles. The van der Waals surface area contributed by atoms with Crippen LogP contribution in [0.25, 0.3) is 10.8 Å². The van der Waals surface area contributed by atoms with Gasteiger partial charge in [0.1, 0.15) is 5.82 Å². The van der Waals surface area contributed by atoms with Crippen molar-refractivity contribution in [2.75, 3.05) is 31.1 Å². The van der Waals surface area contributed by atoms with Gasteiger partial charge in [0.2, 0.25) is 0 Å². The van der Waals surface area contributed by atoms with Crippen LogP contribution in [0.5, 0.6) is 0 Å². The molecule has 138 valence electrons. The van der Waals surface area contributed by atoms with Gasteiger partial charge >= 0.3 is 0 Å². The number of benzene rings is 2. The van der Waals surface area contributed by atoms with E-state index in [-0.39, 0.29) is 23.0 Å². The molecule has 27 heavy (non-hydrogen) atoms. The molecule has 7 heteroatoms. The predicted octanol–water partition coefficient (Wildman–Crippen LogP) is 2.03. The SMILES string of the molecule is Cn1nc(C(=O)N2CCN(c3cccc(F)c3)CC2)c2ccccc2c1=O. The highest BCUT2D eigenvalue weighted by molar-refractivity contribution is 6.04. The monoisotopic (exact) mass is 366 g/mol. The highest BCUT2D eigenvalue weighted by atomic mass is 19.1. The van der Waals surface area contributed by atoms with Crippen molar-refractivity contribution in [3.05, 3.63) is 70.4 Å². The Morgan fingerprint density at radius 2 is 1.70 bits per heavy atom. The van der Waals surface area contributed by atoms with Crippen LogP contribution in [0, 0.1) is 5.82 Å². The summed E-state index contributed by atoms with van der Waals surface area (Å²) in [5.74, 6) is -0.465. The molecule has 0 N–H and O–H groups in total. The quantitative estimate of drug-likeness (QED) is 0.696. The van der Waals surface area contributed by atoms with E-state index in [0.717, 1.165) is 5.69 Å². The van der Waals surface area contributed by atoms with Crippen LogP contribution in [-0.4, -0.2) is 46.8 Å². The number of hydrogen-bond acceptors (Lipinski definition) is 4. The number of carbonyl (C=O) groups excluding carboxylic acids is 1. The van der Waals surface area contributed by atoms with Crippen molar-refractivity contribution >= 4 is 22.4 Å². The molecule has 1 saturated heterocycles. The van der Waals surface area contributed by atoms with E-state index in [1.54, 1.807) is 42.3 Å². The Labute approximate surface area is 155 Å². The lowest BCUT2D eigenvalue weighted by molar-refractivity contribution is 0.0740. The first-order valence-corrected chi connectivity index (χ1v) is 8.80. The van der Waals surface area contributed by atoms with Crippen LogP contribution in [0.3, 0.4) is 0 Å². The zero-order valence-corrected chi connectivity index (χ0v) is 14.9. The number of rotatable bonds is 2. The van der Waals surface area contributed by atoms with E-state index >= 15 is 0 Å². The highest BCUT2D eigenvalue weighted by Crippen LogP contribution is 2.20. The zero-order valence-electron chi connectivity index (χ0n) is 14.9. The van der Waals surface area contributed by atoms with Gasteiger partial charge in [-0.3, -0.25) is 9.59 Å². The lowest BCUT2D eigenvalue weighted by Gasteiger charge is -2.36. The standard InChI is InChI=1S/C20H19FN4O2/c1-23-19(26)17-8-3-2-7-16(17)18(22-23)20(27)25-11-9-24(10-12-25)15-6-4-5-14(21)13-15/h2-8,13H,9-12H2,1H3. The third-order valence-electron chi connectivity index (χ3n) is 4.90. The Morgan fingerprint density at radius 3 is 2.41 bits per heavy atom. The number of aryl methyl sites for hydroxylation is 1. The van der Waals surface area contributed by atoms with Gasteiger partial charge in [0.25, 0.3) is 11.5 Å². The zero-order chi connectivity index (χ0) is 19.0. The fourth-order valence-electron chi connectivity index (χ4n) is 3.45. The van der Waals surface area contributed by atoms with E-state index in [0.29, 0.717) is 37.0 Å². The van der Waals surface area contributed by atoms with E-state index in [9.17, 15) is 14.0 Å². The number of anilines is 1. The number of aromatic nitrogens is 2. The van der Waals surface area contributed by atoms with E-state index < -0.39 is 0 Å². The third kappa shape index (κ3) is 3.16. The summed E-state index contributed by atoms with van der Waals surface area (Å²) in [6, 6.07) is 13.5.